The summed E-state index contributed by atoms with van der Waals surface area (Å²) in [7, 11) is 0. The lowest BCUT2D eigenvalue weighted by Crippen LogP contribution is -2.28. The van der Waals surface area contributed by atoms with Crippen molar-refractivity contribution in [2.75, 3.05) is 26.2 Å². The van der Waals surface area contributed by atoms with E-state index < -0.39 is 5.97 Å². The Balaban J connectivity index is 1.62. The highest BCUT2D eigenvalue weighted by Crippen LogP contribution is 2.29. The maximum Gasteiger partial charge on any atom is 0.339 e. The number of benzene rings is 1. The molecule has 172 valence electrons. The number of esters is 1. The van der Waals surface area contributed by atoms with Crippen LogP contribution < -0.4 is 5.56 Å². The number of hydrogen-bond donors (Lipinski definition) is 0. The number of aryl methyl sites for hydroxylation is 1. The van der Waals surface area contributed by atoms with Crippen LogP contribution in [0.15, 0.2) is 47.4 Å². The molecule has 2 heterocycles. The number of nitrogens with zero attached hydrogens (tertiary/aromatic N) is 3. The van der Waals surface area contributed by atoms with Crippen LogP contribution in [-0.2, 0) is 11.2 Å². The van der Waals surface area contributed by atoms with Crippen LogP contribution in [0.2, 0.25) is 0 Å². The van der Waals surface area contributed by atoms with Crippen LogP contribution in [0.4, 0.5) is 0 Å². The fraction of sp³-hybridized carbons (Fsp3) is 0.370. The monoisotopic (exact) mass is 445 g/mol. The smallest absolute Gasteiger partial charge is 0.339 e. The number of hydrogen-bond acceptors (Lipinski definition) is 5. The summed E-state index contributed by atoms with van der Waals surface area (Å²) in [5.74, 6) is -0.423. The zero-order chi connectivity index (χ0) is 23.4. The van der Waals surface area contributed by atoms with Gasteiger partial charge in [-0.05, 0) is 68.6 Å². The van der Waals surface area contributed by atoms with Crippen LogP contribution in [0.5, 0.6) is 0 Å². The van der Waals surface area contributed by atoms with E-state index in [1.54, 1.807) is 18.3 Å². The molecule has 4 rings (SSSR count). The predicted octanol–water partition coefficient (Wildman–Crippen LogP) is 4.38. The Hall–Kier alpha value is -3.25. The van der Waals surface area contributed by atoms with Gasteiger partial charge in [-0.2, -0.15) is 0 Å². The number of pyridine rings is 1. The van der Waals surface area contributed by atoms with Crippen molar-refractivity contribution in [3.63, 3.8) is 0 Å². The first-order valence-electron chi connectivity index (χ1n) is 11.7. The van der Waals surface area contributed by atoms with Crippen molar-refractivity contribution in [2.45, 2.75) is 40.0 Å². The zero-order valence-corrected chi connectivity index (χ0v) is 19.6. The zero-order valence-electron chi connectivity index (χ0n) is 19.6. The van der Waals surface area contributed by atoms with E-state index in [1.807, 2.05) is 0 Å². The summed E-state index contributed by atoms with van der Waals surface area (Å²) in [4.78, 5) is 32.9. The first-order valence-corrected chi connectivity index (χ1v) is 11.7. The highest BCUT2D eigenvalue weighted by Gasteiger charge is 2.21. The summed E-state index contributed by atoms with van der Waals surface area (Å²) in [6, 6.07) is 11.7. The van der Waals surface area contributed by atoms with E-state index in [2.05, 4.69) is 56.0 Å². The van der Waals surface area contributed by atoms with Crippen molar-refractivity contribution in [3.05, 3.63) is 80.9 Å². The number of likely N-dealkylation sites (N-methyl/N-ethyl adjacent to an activating group) is 1. The van der Waals surface area contributed by atoms with Gasteiger partial charge in [-0.15, -0.1) is 0 Å². The molecule has 0 aliphatic heterocycles. The van der Waals surface area contributed by atoms with Gasteiger partial charge in [-0.1, -0.05) is 43.7 Å². The maximum absolute atomic E-state index is 13.3. The van der Waals surface area contributed by atoms with Gasteiger partial charge in [0, 0.05) is 18.3 Å². The minimum absolute atomic E-state index is 0.109. The number of carbonyl (C=O) groups is 1. The summed E-state index contributed by atoms with van der Waals surface area (Å²) in [6.07, 6.45) is 6.17. The second-order valence-electron chi connectivity index (χ2n) is 8.49. The molecule has 1 aromatic carbocycles. The molecule has 0 atom stereocenters. The molecule has 0 spiro atoms. The number of carbonyl (C=O) groups excluding carboxylic acids is 1. The van der Waals surface area contributed by atoms with E-state index >= 15 is 0 Å². The molecule has 0 fully saturated rings. The van der Waals surface area contributed by atoms with Crippen LogP contribution in [0.1, 0.15) is 59.4 Å². The number of allylic oxidation sites excluding steroid dienone is 1. The first kappa shape index (κ1) is 22.9. The molecule has 33 heavy (non-hydrogen) atoms. The Morgan fingerprint density at radius 2 is 1.88 bits per heavy atom. The molecule has 6 nitrogen and oxygen atoms in total. The Morgan fingerprint density at radius 3 is 2.61 bits per heavy atom. The van der Waals surface area contributed by atoms with Gasteiger partial charge < -0.3 is 9.64 Å². The predicted molar refractivity (Wildman–Crippen MR) is 132 cm³/mol. The summed E-state index contributed by atoms with van der Waals surface area (Å²) >= 11 is 0. The normalized spacial score (nSPS) is 14.6. The highest BCUT2D eigenvalue weighted by molar-refractivity contribution is 5.89. The van der Waals surface area contributed by atoms with Crippen molar-refractivity contribution in [2.24, 2.45) is 0 Å². The molecule has 2 aromatic heterocycles. The summed E-state index contributed by atoms with van der Waals surface area (Å²) in [5.41, 5.74) is 5.68. The topological polar surface area (TPSA) is 63.9 Å². The molecular formula is C27H31N3O3. The Bertz CT molecular complexity index is 1240. The molecule has 1 aliphatic carbocycles. The highest BCUT2D eigenvalue weighted by atomic mass is 16.5. The fourth-order valence-corrected chi connectivity index (χ4v) is 4.26. The molecule has 0 amide bonds. The Morgan fingerprint density at radius 1 is 1.12 bits per heavy atom. The lowest BCUT2D eigenvalue weighted by atomic mass is 9.90. The van der Waals surface area contributed by atoms with E-state index in [0.29, 0.717) is 36.3 Å². The van der Waals surface area contributed by atoms with Crippen LogP contribution in [0, 0.1) is 6.92 Å². The average Bonchev–Trinajstić information content (AvgIpc) is 2.83. The van der Waals surface area contributed by atoms with Crippen molar-refractivity contribution in [1.29, 1.82) is 0 Å². The second kappa shape index (κ2) is 10.1. The summed E-state index contributed by atoms with van der Waals surface area (Å²) in [6.45, 7) is 9.07. The van der Waals surface area contributed by atoms with Gasteiger partial charge >= 0.3 is 5.97 Å². The quantitative estimate of drug-likeness (QED) is 0.505. The lowest BCUT2D eigenvalue weighted by molar-refractivity contribution is 0.0466. The number of rotatable bonds is 7. The van der Waals surface area contributed by atoms with E-state index in [0.717, 1.165) is 42.8 Å². The number of aromatic nitrogens is 2. The Kier molecular flexibility index (Phi) is 7.04. The van der Waals surface area contributed by atoms with E-state index in [4.69, 9.17) is 9.72 Å². The molecule has 0 unspecified atom stereocenters. The molecule has 0 saturated carbocycles. The molecule has 1 aliphatic rings. The van der Waals surface area contributed by atoms with E-state index in [1.165, 1.54) is 9.96 Å². The largest absolute Gasteiger partial charge is 0.461 e. The van der Waals surface area contributed by atoms with Gasteiger partial charge in [-0.25, -0.2) is 9.78 Å². The fourth-order valence-electron chi connectivity index (χ4n) is 4.26. The molecule has 0 radical (unpaired) electrons. The third kappa shape index (κ3) is 5.06. The van der Waals surface area contributed by atoms with E-state index in [9.17, 15) is 9.59 Å². The van der Waals surface area contributed by atoms with Gasteiger partial charge in [0.05, 0.1) is 11.3 Å². The van der Waals surface area contributed by atoms with Crippen LogP contribution in [0.25, 0.3) is 17.3 Å². The van der Waals surface area contributed by atoms with Gasteiger partial charge in [0.1, 0.15) is 12.3 Å². The van der Waals surface area contributed by atoms with E-state index in [-0.39, 0.29) is 5.56 Å². The molecule has 0 N–H and O–H groups in total. The molecule has 0 saturated heterocycles. The van der Waals surface area contributed by atoms with Gasteiger partial charge in [0.2, 0.25) is 0 Å². The van der Waals surface area contributed by atoms with Crippen LogP contribution >= 0.6 is 0 Å². The third-order valence-electron chi connectivity index (χ3n) is 6.28. The average molecular weight is 446 g/mol. The van der Waals surface area contributed by atoms with Gasteiger partial charge in [0.15, 0.2) is 0 Å². The summed E-state index contributed by atoms with van der Waals surface area (Å²) < 4.78 is 6.91. The molecular weight excluding hydrogens is 414 g/mol. The minimum Gasteiger partial charge on any atom is -0.461 e. The number of fused-ring (bicyclic) bond motifs is 2. The third-order valence-corrected chi connectivity index (χ3v) is 6.28. The molecule has 6 heteroatoms. The maximum atomic E-state index is 13.3. The Labute approximate surface area is 194 Å². The van der Waals surface area contributed by atoms with Crippen LogP contribution in [-0.4, -0.2) is 46.5 Å². The number of ether oxygens (including phenoxy) is 1. The minimum atomic E-state index is -0.423. The van der Waals surface area contributed by atoms with Gasteiger partial charge in [0.25, 0.3) is 5.56 Å². The van der Waals surface area contributed by atoms with Crippen molar-refractivity contribution in [3.8, 4) is 0 Å². The van der Waals surface area contributed by atoms with Crippen LogP contribution in [0.3, 0.4) is 0 Å². The van der Waals surface area contributed by atoms with Crippen molar-refractivity contribution < 1.29 is 9.53 Å². The first-order chi connectivity index (χ1) is 16.0. The summed E-state index contributed by atoms with van der Waals surface area (Å²) in [5, 5.41) is 0. The molecule has 3 aromatic rings. The lowest BCUT2D eigenvalue weighted by Gasteiger charge is -2.19. The standard InChI is InChI=1S/C27H31N3O3/c1-4-29(5-2)15-16-33-27(32)22-13-14-24-28-25-21(17-20-11-9-19(3)10-12-20)7-6-8-23(25)26(31)30(24)18-22/h9-14,17-18H,4-8,15-16H2,1-3H3. The SMILES string of the molecule is CCN(CC)CCOC(=O)c1ccc2nc3c(c(=O)n2c1)CCCC3=Cc1ccc(C)cc1. The second-order valence-corrected chi connectivity index (χ2v) is 8.49. The van der Waals surface area contributed by atoms with Crippen molar-refractivity contribution in [1.82, 2.24) is 14.3 Å². The molecule has 0 bridgehead atoms. The van der Waals surface area contributed by atoms with Gasteiger partial charge in [-0.3, -0.25) is 9.20 Å². The van der Waals surface area contributed by atoms with Crippen molar-refractivity contribution >= 4 is 23.3 Å².